The summed E-state index contributed by atoms with van der Waals surface area (Å²) in [7, 11) is -0.703. The Bertz CT molecular complexity index is 836. The van der Waals surface area contributed by atoms with Crippen LogP contribution in [0.2, 0.25) is 0 Å². The zero-order valence-electron chi connectivity index (χ0n) is 14.6. The van der Waals surface area contributed by atoms with Gasteiger partial charge in [-0.05, 0) is 48.4 Å². The van der Waals surface area contributed by atoms with Gasteiger partial charge in [0.25, 0.3) is 0 Å². The lowest BCUT2D eigenvalue weighted by Crippen LogP contribution is -2.39. The largest absolute Gasteiger partial charge is 0.497 e. The number of sulfonamides is 1. The Kier molecular flexibility index (Phi) is 7.19. The van der Waals surface area contributed by atoms with E-state index in [2.05, 4.69) is 21.2 Å². The van der Waals surface area contributed by atoms with Crippen LogP contribution < -0.4 is 10.1 Å². The summed E-state index contributed by atoms with van der Waals surface area (Å²) in [5.74, 6) is 0.430. The van der Waals surface area contributed by atoms with E-state index in [0.717, 1.165) is 20.1 Å². The lowest BCUT2D eigenvalue weighted by molar-refractivity contribution is -0.121. The summed E-state index contributed by atoms with van der Waals surface area (Å²) in [5, 5.41) is 2.74. The summed E-state index contributed by atoms with van der Waals surface area (Å²) >= 11 is 3.27. The number of nitrogens with one attached hydrogen (secondary N) is 1. The minimum absolute atomic E-state index is 0.147. The molecule has 2 rings (SSSR count). The number of carbonyl (C=O) groups is 1. The van der Waals surface area contributed by atoms with Gasteiger partial charge < -0.3 is 10.1 Å². The summed E-state index contributed by atoms with van der Waals surface area (Å²) in [6, 6.07) is 13.9. The van der Waals surface area contributed by atoms with Gasteiger partial charge in [0.15, 0.2) is 0 Å². The van der Waals surface area contributed by atoms with E-state index in [1.54, 1.807) is 19.2 Å². The maximum atomic E-state index is 12.5. The molecular weight excluding hydrogens is 420 g/mol. The van der Waals surface area contributed by atoms with Crippen molar-refractivity contribution >= 4 is 31.9 Å². The van der Waals surface area contributed by atoms with Crippen LogP contribution in [-0.4, -0.2) is 45.9 Å². The number of ether oxygens (including phenoxy) is 1. The molecule has 0 spiro atoms. The summed E-state index contributed by atoms with van der Waals surface area (Å²) < 4.78 is 31.8. The quantitative estimate of drug-likeness (QED) is 0.683. The molecule has 0 radical (unpaired) electrons. The Hall–Kier alpha value is -1.90. The smallest absolute Gasteiger partial charge is 0.243 e. The molecule has 0 heterocycles. The first kappa shape index (κ1) is 20.4. The first-order chi connectivity index (χ1) is 12.3. The molecular formula is C18H21BrN2O4S. The molecule has 1 amide bonds. The lowest BCUT2D eigenvalue weighted by Gasteiger charge is -2.17. The van der Waals surface area contributed by atoms with Gasteiger partial charge in [-0.3, -0.25) is 4.79 Å². The Morgan fingerprint density at radius 1 is 1.12 bits per heavy atom. The molecule has 0 fully saturated rings. The molecule has 0 unspecified atom stereocenters. The molecule has 2 aromatic rings. The minimum Gasteiger partial charge on any atom is -0.497 e. The fourth-order valence-corrected chi connectivity index (χ4v) is 3.66. The number of carbonyl (C=O) groups excluding carboxylic acids is 1. The number of benzene rings is 2. The topological polar surface area (TPSA) is 75.7 Å². The summed E-state index contributed by atoms with van der Waals surface area (Å²) in [6.45, 7) is 0.193. The number of nitrogens with zero attached hydrogens (tertiary/aromatic N) is 1. The highest BCUT2D eigenvalue weighted by atomic mass is 79.9. The van der Waals surface area contributed by atoms with Crippen LogP contribution in [0, 0.1) is 0 Å². The van der Waals surface area contributed by atoms with Crippen LogP contribution in [0.5, 0.6) is 5.75 Å². The number of halogens is 1. The second kappa shape index (κ2) is 9.16. The predicted molar refractivity (Wildman–Crippen MR) is 104 cm³/mol. The molecule has 0 atom stereocenters. The van der Waals surface area contributed by atoms with Crippen LogP contribution in [0.4, 0.5) is 0 Å². The van der Waals surface area contributed by atoms with E-state index in [0.29, 0.717) is 13.0 Å². The molecule has 2 aromatic carbocycles. The van der Waals surface area contributed by atoms with Crippen molar-refractivity contribution < 1.29 is 17.9 Å². The highest BCUT2D eigenvalue weighted by Gasteiger charge is 2.22. The molecule has 0 aliphatic heterocycles. The van der Waals surface area contributed by atoms with E-state index in [1.807, 2.05) is 24.3 Å². The minimum atomic E-state index is -3.70. The zero-order valence-corrected chi connectivity index (χ0v) is 17.0. The molecule has 0 aliphatic rings. The van der Waals surface area contributed by atoms with Crippen LogP contribution in [-0.2, 0) is 21.2 Å². The number of likely N-dealkylation sites (N-methyl/N-ethyl adjacent to an activating group) is 1. The average Bonchev–Trinajstić information content (AvgIpc) is 2.62. The van der Waals surface area contributed by atoms with E-state index in [-0.39, 0.29) is 17.3 Å². The Labute approximate surface area is 162 Å². The van der Waals surface area contributed by atoms with Gasteiger partial charge in [0.2, 0.25) is 15.9 Å². The van der Waals surface area contributed by atoms with Gasteiger partial charge in [0.05, 0.1) is 18.6 Å². The van der Waals surface area contributed by atoms with E-state index in [9.17, 15) is 13.2 Å². The second-order valence-electron chi connectivity index (χ2n) is 5.66. The summed E-state index contributed by atoms with van der Waals surface area (Å²) in [4.78, 5) is 12.2. The number of rotatable bonds is 8. The summed E-state index contributed by atoms with van der Waals surface area (Å²) in [6.07, 6.45) is 0.652. The highest BCUT2D eigenvalue weighted by Crippen LogP contribution is 2.17. The van der Waals surface area contributed by atoms with Crippen molar-refractivity contribution in [2.24, 2.45) is 0 Å². The Morgan fingerprint density at radius 3 is 2.31 bits per heavy atom. The van der Waals surface area contributed by atoms with E-state index >= 15 is 0 Å². The van der Waals surface area contributed by atoms with E-state index < -0.39 is 10.0 Å². The van der Waals surface area contributed by atoms with Crippen molar-refractivity contribution in [3.05, 3.63) is 58.6 Å². The predicted octanol–water partition coefficient (Wildman–Crippen LogP) is 2.44. The fraction of sp³-hybridized carbons (Fsp3) is 0.278. The van der Waals surface area contributed by atoms with E-state index in [1.165, 1.54) is 19.2 Å². The zero-order chi connectivity index (χ0) is 19.2. The number of hydrogen-bond donors (Lipinski definition) is 1. The third-order valence-corrected chi connectivity index (χ3v) is 6.13. The van der Waals surface area contributed by atoms with Gasteiger partial charge in [-0.2, -0.15) is 4.31 Å². The average molecular weight is 441 g/mol. The van der Waals surface area contributed by atoms with Crippen LogP contribution >= 0.6 is 15.9 Å². The molecule has 8 heteroatoms. The first-order valence-electron chi connectivity index (χ1n) is 7.94. The Balaban J connectivity index is 1.85. The van der Waals surface area contributed by atoms with Crippen LogP contribution in [0.1, 0.15) is 5.56 Å². The van der Waals surface area contributed by atoms with Crippen molar-refractivity contribution in [1.29, 1.82) is 0 Å². The molecule has 0 aliphatic carbocycles. The molecule has 0 saturated carbocycles. The third-order valence-electron chi connectivity index (χ3n) is 3.78. The third kappa shape index (κ3) is 5.55. The van der Waals surface area contributed by atoms with Crippen molar-refractivity contribution in [3.63, 3.8) is 0 Å². The van der Waals surface area contributed by atoms with Crippen molar-refractivity contribution in [2.75, 3.05) is 27.2 Å². The maximum Gasteiger partial charge on any atom is 0.243 e. The molecule has 6 nitrogen and oxygen atoms in total. The normalized spacial score (nSPS) is 11.4. The monoisotopic (exact) mass is 440 g/mol. The Morgan fingerprint density at radius 2 is 1.73 bits per heavy atom. The van der Waals surface area contributed by atoms with Crippen LogP contribution in [0.15, 0.2) is 57.9 Å². The molecule has 0 bridgehead atoms. The van der Waals surface area contributed by atoms with Gasteiger partial charge in [-0.25, -0.2) is 8.42 Å². The van der Waals surface area contributed by atoms with Gasteiger partial charge in [0, 0.05) is 18.1 Å². The van der Waals surface area contributed by atoms with Gasteiger partial charge in [-0.15, -0.1) is 0 Å². The van der Waals surface area contributed by atoms with Crippen molar-refractivity contribution in [1.82, 2.24) is 9.62 Å². The van der Waals surface area contributed by atoms with Gasteiger partial charge in [0.1, 0.15) is 5.75 Å². The summed E-state index contributed by atoms with van der Waals surface area (Å²) in [5.41, 5.74) is 1.06. The lowest BCUT2D eigenvalue weighted by atomic mass is 10.1. The van der Waals surface area contributed by atoms with Crippen LogP contribution in [0.25, 0.3) is 0 Å². The standard InChI is InChI=1S/C18H21BrN2O4S/c1-21(26(23,24)17-9-5-15(19)6-10-17)13-18(22)20-12-11-14-3-7-16(25-2)8-4-14/h3-10H,11-13H2,1-2H3,(H,20,22). The second-order valence-corrected chi connectivity index (χ2v) is 8.62. The molecule has 26 heavy (non-hydrogen) atoms. The van der Waals surface area contributed by atoms with Gasteiger partial charge >= 0.3 is 0 Å². The van der Waals surface area contributed by atoms with Crippen LogP contribution in [0.3, 0.4) is 0 Å². The number of amides is 1. The van der Waals surface area contributed by atoms with Gasteiger partial charge in [-0.1, -0.05) is 28.1 Å². The highest BCUT2D eigenvalue weighted by molar-refractivity contribution is 9.10. The molecule has 1 N–H and O–H groups in total. The maximum absolute atomic E-state index is 12.5. The molecule has 140 valence electrons. The van der Waals surface area contributed by atoms with Crippen molar-refractivity contribution in [2.45, 2.75) is 11.3 Å². The molecule has 0 aromatic heterocycles. The SMILES string of the molecule is COc1ccc(CCNC(=O)CN(C)S(=O)(=O)c2ccc(Br)cc2)cc1. The number of hydrogen-bond acceptors (Lipinski definition) is 4. The number of methoxy groups -OCH3 is 1. The van der Waals surface area contributed by atoms with Crippen molar-refractivity contribution in [3.8, 4) is 5.75 Å². The van der Waals surface area contributed by atoms with E-state index in [4.69, 9.17) is 4.74 Å². The fourth-order valence-electron chi connectivity index (χ4n) is 2.27. The molecule has 0 saturated heterocycles. The first-order valence-corrected chi connectivity index (χ1v) is 10.2.